The van der Waals surface area contributed by atoms with Crippen LogP contribution in [0.25, 0.3) is 11.4 Å². The monoisotopic (exact) mass is 432 g/mol. The molecule has 4 nitrogen and oxygen atoms in total. The number of benzene rings is 2. The summed E-state index contributed by atoms with van der Waals surface area (Å²) in [5.74, 6) is 2.47. The lowest BCUT2D eigenvalue weighted by molar-refractivity contribution is 0.305. The molecule has 3 rings (SSSR count). The minimum absolute atomic E-state index is 0.523. The van der Waals surface area contributed by atoms with Crippen molar-refractivity contribution in [2.24, 2.45) is 0 Å². The molecule has 1 heterocycles. The quantitative estimate of drug-likeness (QED) is 0.249. The highest BCUT2D eigenvalue weighted by atomic mass is 16.5. The van der Waals surface area contributed by atoms with Crippen LogP contribution in [0, 0.1) is 0 Å². The zero-order chi connectivity index (χ0) is 22.4. The molecular weight excluding hydrogens is 396 g/mol. The Bertz CT molecular complexity index is 890. The summed E-state index contributed by atoms with van der Waals surface area (Å²) in [4.78, 5) is 9.14. The van der Waals surface area contributed by atoms with Gasteiger partial charge in [0.1, 0.15) is 18.1 Å². The van der Waals surface area contributed by atoms with Gasteiger partial charge in [-0.2, -0.15) is 0 Å². The first-order valence-electron chi connectivity index (χ1n) is 12.0. The lowest BCUT2D eigenvalue weighted by Gasteiger charge is -2.08. The van der Waals surface area contributed by atoms with Crippen LogP contribution in [-0.2, 0) is 13.0 Å². The molecular formula is C28H36N2O2. The van der Waals surface area contributed by atoms with Crippen molar-refractivity contribution in [1.29, 1.82) is 0 Å². The minimum Gasteiger partial charge on any atom is -0.494 e. The topological polar surface area (TPSA) is 44.2 Å². The molecule has 32 heavy (non-hydrogen) atoms. The second kappa shape index (κ2) is 13.5. The van der Waals surface area contributed by atoms with Gasteiger partial charge in [0.05, 0.1) is 6.61 Å². The molecule has 0 aliphatic heterocycles. The highest BCUT2D eigenvalue weighted by Crippen LogP contribution is 2.21. The van der Waals surface area contributed by atoms with E-state index in [9.17, 15) is 0 Å². The van der Waals surface area contributed by atoms with Crippen molar-refractivity contribution < 1.29 is 9.47 Å². The van der Waals surface area contributed by atoms with Crippen molar-refractivity contribution in [2.75, 3.05) is 6.61 Å². The molecule has 0 fully saturated rings. The van der Waals surface area contributed by atoms with Gasteiger partial charge in [-0.15, -0.1) is 0 Å². The van der Waals surface area contributed by atoms with Gasteiger partial charge in [0.25, 0.3) is 0 Å². The second-order valence-corrected chi connectivity index (χ2v) is 8.18. The van der Waals surface area contributed by atoms with Gasteiger partial charge in [0.2, 0.25) is 0 Å². The lowest BCUT2D eigenvalue weighted by Crippen LogP contribution is -1.97. The van der Waals surface area contributed by atoms with Crippen LogP contribution < -0.4 is 9.47 Å². The van der Waals surface area contributed by atoms with E-state index in [0.29, 0.717) is 13.2 Å². The van der Waals surface area contributed by atoms with Crippen molar-refractivity contribution in [3.05, 3.63) is 72.1 Å². The lowest BCUT2D eigenvalue weighted by atomic mass is 10.1. The Balaban J connectivity index is 1.43. The standard InChI is InChI=1S/C28H36N2O2/c1-3-5-6-7-8-9-10-11-24-20-29-28(30-21-24)25-14-18-27(19-15-25)32-22-23-12-16-26(17-13-23)31-4-2/h12-21H,3-11,22H2,1-2H3. The van der Waals surface area contributed by atoms with Gasteiger partial charge in [-0.05, 0) is 67.3 Å². The number of aryl methyl sites for hydroxylation is 1. The van der Waals surface area contributed by atoms with Crippen LogP contribution in [0.1, 0.15) is 69.9 Å². The van der Waals surface area contributed by atoms with Gasteiger partial charge in [0, 0.05) is 18.0 Å². The fourth-order valence-electron chi connectivity index (χ4n) is 3.63. The number of hydrogen-bond acceptors (Lipinski definition) is 4. The molecule has 1 aromatic heterocycles. The van der Waals surface area contributed by atoms with Crippen LogP contribution in [0.15, 0.2) is 60.9 Å². The third-order valence-corrected chi connectivity index (χ3v) is 5.53. The average molecular weight is 433 g/mol. The SMILES string of the molecule is CCCCCCCCCc1cnc(-c2ccc(OCc3ccc(OCC)cc3)cc2)nc1. The zero-order valence-electron chi connectivity index (χ0n) is 19.6. The molecule has 0 aliphatic carbocycles. The molecule has 0 amide bonds. The number of hydrogen-bond donors (Lipinski definition) is 0. The maximum atomic E-state index is 5.91. The van der Waals surface area contributed by atoms with E-state index in [1.165, 1.54) is 50.5 Å². The Morgan fingerprint density at radius 3 is 1.88 bits per heavy atom. The van der Waals surface area contributed by atoms with E-state index in [4.69, 9.17) is 9.47 Å². The Morgan fingerprint density at radius 1 is 0.625 bits per heavy atom. The number of aromatic nitrogens is 2. The Kier molecular flexibility index (Phi) is 10.0. The van der Waals surface area contributed by atoms with Crippen molar-refractivity contribution in [3.63, 3.8) is 0 Å². The van der Waals surface area contributed by atoms with Crippen LogP contribution in [0.3, 0.4) is 0 Å². The van der Waals surface area contributed by atoms with Crippen LogP contribution >= 0.6 is 0 Å². The number of ether oxygens (including phenoxy) is 2. The van der Waals surface area contributed by atoms with Gasteiger partial charge in [0.15, 0.2) is 5.82 Å². The Hall–Kier alpha value is -2.88. The molecule has 0 unspecified atom stereocenters. The predicted molar refractivity (Wildman–Crippen MR) is 131 cm³/mol. The summed E-state index contributed by atoms with van der Waals surface area (Å²) >= 11 is 0. The molecule has 0 aliphatic rings. The van der Waals surface area contributed by atoms with E-state index >= 15 is 0 Å². The Morgan fingerprint density at radius 2 is 1.22 bits per heavy atom. The number of unbranched alkanes of at least 4 members (excludes halogenated alkanes) is 6. The summed E-state index contributed by atoms with van der Waals surface area (Å²) in [6, 6.07) is 16.0. The summed E-state index contributed by atoms with van der Waals surface area (Å²) < 4.78 is 11.4. The van der Waals surface area contributed by atoms with E-state index in [1.54, 1.807) is 0 Å². The normalized spacial score (nSPS) is 10.8. The van der Waals surface area contributed by atoms with E-state index in [1.807, 2.05) is 67.8 Å². The Labute approximate surface area is 193 Å². The summed E-state index contributed by atoms with van der Waals surface area (Å²) in [5.41, 5.74) is 3.33. The van der Waals surface area contributed by atoms with Crippen molar-refractivity contribution in [3.8, 4) is 22.9 Å². The molecule has 0 saturated carbocycles. The fourth-order valence-corrected chi connectivity index (χ4v) is 3.63. The maximum Gasteiger partial charge on any atom is 0.159 e. The van der Waals surface area contributed by atoms with Gasteiger partial charge in [-0.3, -0.25) is 0 Å². The van der Waals surface area contributed by atoms with Gasteiger partial charge in [-0.1, -0.05) is 57.6 Å². The van der Waals surface area contributed by atoms with Crippen molar-refractivity contribution in [1.82, 2.24) is 9.97 Å². The highest BCUT2D eigenvalue weighted by Gasteiger charge is 2.04. The van der Waals surface area contributed by atoms with E-state index in [-0.39, 0.29) is 0 Å². The first kappa shape index (κ1) is 23.8. The maximum absolute atomic E-state index is 5.91. The summed E-state index contributed by atoms with van der Waals surface area (Å²) in [7, 11) is 0. The molecule has 0 atom stereocenters. The first-order chi connectivity index (χ1) is 15.8. The number of rotatable bonds is 14. The molecule has 3 aromatic rings. The molecule has 0 radical (unpaired) electrons. The molecule has 0 bridgehead atoms. The molecule has 4 heteroatoms. The largest absolute Gasteiger partial charge is 0.494 e. The predicted octanol–water partition coefficient (Wildman–Crippen LogP) is 7.41. The zero-order valence-corrected chi connectivity index (χ0v) is 19.6. The van der Waals surface area contributed by atoms with Crippen molar-refractivity contribution in [2.45, 2.75) is 71.8 Å². The van der Waals surface area contributed by atoms with E-state index < -0.39 is 0 Å². The number of nitrogens with zero attached hydrogens (tertiary/aromatic N) is 2. The molecule has 0 spiro atoms. The molecule has 170 valence electrons. The van der Waals surface area contributed by atoms with Crippen LogP contribution in [-0.4, -0.2) is 16.6 Å². The highest BCUT2D eigenvalue weighted by molar-refractivity contribution is 5.55. The van der Waals surface area contributed by atoms with E-state index in [0.717, 1.165) is 34.9 Å². The minimum atomic E-state index is 0.523. The van der Waals surface area contributed by atoms with E-state index in [2.05, 4.69) is 16.9 Å². The smallest absolute Gasteiger partial charge is 0.159 e. The van der Waals surface area contributed by atoms with Gasteiger partial charge < -0.3 is 9.47 Å². The second-order valence-electron chi connectivity index (χ2n) is 8.18. The summed E-state index contributed by atoms with van der Waals surface area (Å²) in [6.45, 7) is 5.44. The fraction of sp³-hybridized carbons (Fsp3) is 0.429. The van der Waals surface area contributed by atoms with Crippen LogP contribution in [0.4, 0.5) is 0 Å². The molecule has 2 aromatic carbocycles. The van der Waals surface area contributed by atoms with Crippen LogP contribution in [0.2, 0.25) is 0 Å². The van der Waals surface area contributed by atoms with Crippen molar-refractivity contribution >= 4 is 0 Å². The molecule has 0 saturated heterocycles. The van der Waals surface area contributed by atoms with Gasteiger partial charge >= 0.3 is 0 Å². The third-order valence-electron chi connectivity index (χ3n) is 5.53. The third kappa shape index (κ3) is 7.99. The summed E-state index contributed by atoms with van der Waals surface area (Å²) in [5, 5.41) is 0. The van der Waals surface area contributed by atoms with Gasteiger partial charge in [-0.25, -0.2) is 9.97 Å². The molecule has 0 N–H and O–H groups in total. The van der Waals surface area contributed by atoms with Crippen LogP contribution in [0.5, 0.6) is 11.5 Å². The first-order valence-corrected chi connectivity index (χ1v) is 12.0. The summed E-state index contributed by atoms with van der Waals surface area (Å²) in [6.07, 6.45) is 14.3. The average Bonchev–Trinajstić information content (AvgIpc) is 2.84.